The number of anilines is 1. The smallest absolute Gasteiger partial charge is 0.265 e. The van der Waals surface area contributed by atoms with Gasteiger partial charge in [-0.2, -0.15) is 0 Å². The SMILES string of the molecule is O=CCN1C(=O)C(=Cc2cccc(Cl)c2)Sc2ccccc21. The second kappa shape index (κ2) is 6.38. The minimum Gasteiger partial charge on any atom is -0.301 e. The van der Waals surface area contributed by atoms with Crippen LogP contribution < -0.4 is 4.90 Å². The predicted molar refractivity (Wildman–Crippen MR) is 90.1 cm³/mol. The van der Waals surface area contributed by atoms with Crippen LogP contribution in [0.5, 0.6) is 0 Å². The zero-order chi connectivity index (χ0) is 15.5. The second-order valence-electron chi connectivity index (χ2n) is 4.72. The number of aldehydes is 1. The molecule has 5 heteroatoms. The van der Waals surface area contributed by atoms with Gasteiger partial charge in [-0.15, -0.1) is 0 Å². The highest BCUT2D eigenvalue weighted by molar-refractivity contribution is 8.04. The zero-order valence-electron chi connectivity index (χ0n) is 11.5. The van der Waals surface area contributed by atoms with Gasteiger partial charge in [0.1, 0.15) is 6.29 Å². The molecule has 0 spiro atoms. The highest BCUT2D eigenvalue weighted by Crippen LogP contribution is 2.41. The van der Waals surface area contributed by atoms with Gasteiger partial charge in [-0.3, -0.25) is 9.69 Å². The highest BCUT2D eigenvalue weighted by atomic mass is 35.5. The standard InChI is InChI=1S/C17H12ClNO2S/c18-13-5-3-4-12(10-13)11-16-17(21)19(8-9-20)14-6-1-2-7-15(14)22-16/h1-7,9-11H,8H2. The first kappa shape index (κ1) is 14.9. The molecule has 2 aromatic rings. The van der Waals surface area contributed by atoms with Gasteiger partial charge in [0.05, 0.1) is 17.1 Å². The lowest BCUT2D eigenvalue weighted by Crippen LogP contribution is -2.35. The van der Waals surface area contributed by atoms with E-state index in [1.807, 2.05) is 36.4 Å². The fourth-order valence-corrected chi connectivity index (χ4v) is 3.52. The Balaban J connectivity index is 2.04. The molecule has 2 aromatic carbocycles. The molecule has 1 amide bonds. The Bertz CT molecular complexity index is 773. The fraction of sp³-hybridized carbons (Fsp3) is 0.0588. The van der Waals surface area contributed by atoms with Crippen LogP contribution in [0.4, 0.5) is 5.69 Å². The summed E-state index contributed by atoms with van der Waals surface area (Å²) >= 11 is 7.39. The molecule has 0 saturated carbocycles. The number of benzene rings is 2. The maximum absolute atomic E-state index is 12.6. The molecule has 1 aliphatic rings. The first-order chi connectivity index (χ1) is 10.7. The third-order valence-corrected chi connectivity index (χ3v) is 4.55. The van der Waals surface area contributed by atoms with Gasteiger partial charge < -0.3 is 4.79 Å². The van der Waals surface area contributed by atoms with Crippen molar-refractivity contribution in [3.05, 3.63) is 64.0 Å². The minimum atomic E-state index is -0.171. The Hall–Kier alpha value is -2.04. The van der Waals surface area contributed by atoms with Gasteiger partial charge in [0.2, 0.25) is 0 Å². The molecule has 1 aliphatic heterocycles. The van der Waals surface area contributed by atoms with Gasteiger partial charge in [-0.1, -0.05) is 47.6 Å². The number of nitrogens with zero attached hydrogens (tertiary/aromatic N) is 1. The topological polar surface area (TPSA) is 37.4 Å². The van der Waals surface area contributed by atoms with E-state index in [2.05, 4.69) is 0 Å². The lowest BCUT2D eigenvalue weighted by atomic mass is 10.2. The summed E-state index contributed by atoms with van der Waals surface area (Å²) in [6, 6.07) is 14.9. The fourth-order valence-electron chi connectivity index (χ4n) is 2.27. The normalized spacial score (nSPS) is 15.8. The number of amides is 1. The molecule has 0 radical (unpaired) electrons. The van der Waals surface area contributed by atoms with Crippen LogP contribution in [0, 0.1) is 0 Å². The minimum absolute atomic E-state index is 0.0449. The molecule has 22 heavy (non-hydrogen) atoms. The molecule has 0 aromatic heterocycles. The summed E-state index contributed by atoms with van der Waals surface area (Å²) in [6.45, 7) is 0.0449. The van der Waals surface area contributed by atoms with Crippen LogP contribution in [0.25, 0.3) is 6.08 Å². The van der Waals surface area contributed by atoms with E-state index in [9.17, 15) is 9.59 Å². The van der Waals surface area contributed by atoms with Crippen molar-refractivity contribution in [2.75, 3.05) is 11.4 Å². The molecule has 0 fully saturated rings. The number of para-hydroxylation sites is 1. The molecule has 0 atom stereocenters. The van der Waals surface area contributed by atoms with Crippen molar-refractivity contribution < 1.29 is 9.59 Å². The second-order valence-corrected chi connectivity index (χ2v) is 6.24. The van der Waals surface area contributed by atoms with Gasteiger partial charge in [-0.05, 0) is 35.9 Å². The van der Waals surface area contributed by atoms with Crippen LogP contribution >= 0.6 is 23.4 Å². The van der Waals surface area contributed by atoms with E-state index in [-0.39, 0.29) is 12.5 Å². The van der Waals surface area contributed by atoms with Gasteiger partial charge in [0.15, 0.2) is 0 Å². The summed E-state index contributed by atoms with van der Waals surface area (Å²) in [5.41, 5.74) is 1.63. The molecule has 3 nitrogen and oxygen atoms in total. The predicted octanol–water partition coefficient (Wildman–Crippen LogP) is 4.02. The van der Waals surface area contributed by atoms with Crippen molar-refractivity contribution in [1.29, 1.82) is 0 Å². The van der Waals surface area contributed by atoms with E-state index in [0.29, 0.717) is 9.93 Å². The van der Waals surface area contributed by atoms with Crippen LogP contribution in [0.15, 0.2) is 58.3 Å². The Morgan fingerprint density at radius 2 is 1.95 bits per heavy atom. The highest BCUT2D eigenvalue weighted by Gasteiger charge is 2.28. The van der Waals surface area contributed by atoms with E-state index >= 15 is 0 Å². The van der Waals surface area contributed by atoms with Crippen LogP contribution in [0.2, 0.25) is 5.02 Å². The maximum Gasteiger partial charge on any atom is 0.265 e. The van der Waals surface area contributed by atoms with E-state index in [1.165, 1.54) is 16.7 Å². The van der Waals surface area contributed by atoms with Crippen LogP contribution in [-0.4, -0.2) is 18.7 Å². The molecular formula is C17H12ClNO2S. The molecule has 1 heterocycles. The summed E-state index contributed by atoms with van der Waals surface area (Å²) in [5.74, 6) is -0.171. The largest absolute Gasteiger partial charge is 0.301 e. The van der Waals surface area contributed by atoms with Gasteiger partial charge >= 0.3 is 0 Å². The third kappa shape index (κ3) is 2.93. The Kier molecular flexibility index (Phi) is 4.32. The quantitative estimate of drug-likeness (QED) is 0.630. The number of fused-ring (bicyclic) bond motifs is 1. The number of hydrogen-bond donors (Lipinski definition) is 0. The Morgan fingerprint density at radius 1 is 1.14 bits per heavy atom. The van der Waals surface area contributed by atoms with E-state index < -0.39 is 0 Å². The number of carbonyl (C=O) groups excluding carboxylic acids is 2. The number of rotatable bonds is 3. The van der Waals surface area contributed by atoms with Crippen molar-refractivity contribution in [1.82, 2.24) is 0 Å². The van der Waals surface area contributed by atoms with E-state index in [1.54, 1.807) is 18.2 Å². The molecule has 110 valence electrons. The number of carbonyl (C=O) groups is 2. The summed E-state index contributed by atoms with van der Waals surface area (Å²) < 4.78 is 0. The van der Waals surface area contributed by atoms with Gasteiger partial charge in [0.25, 0.3) is 5.91 Å². The average molecular weight is 330 g/mol. The van der Waals surface area contributed by atoms with Crippen molar-refractivity contribution in [3.8, 4) is 0 Å². The number of thioether (sulfide) groups is 1. The Morgan fingerprint density at radius 3 is 2.73 bits per heavy atom. The van der Waals surface area contributed by atoms with Crippen LogP contribution in [0.1, 0.15) is 5.56 Å². The van der Waals surface area contributed by atoms with Gasteiger partial charge in [-0.25, -0.2) is 0 Å². The molecule has 0 unspecified atom stereocenters. The zero-order valence-corrected chi connectivity index (χ0v) is 13.1. The molecule has 3 rings (SSSR count). The molecular weight excluding hydrogens is 318 g/mol. The van der Waals surface area contributed by atoms with Crippen LogP contribution in [-0.2, 0) is 9.59 Å². The van der Waals surface area contributed by atoms with Crippen LogP contribution in [0.3, 0.4) is 0 Å². The monoisotopic (exact) mass is 329 g/mol. The summed E-state index contributed by atoms with van der Waals surface area (Å²) in [7, 11) is 0. The van der Waals surface area contributed by atoms with Crippen molar-refractivity contribution in [2.45, 2.75) is 4.90 Å². The lowest BCUT2D eigenvalue weighted by Gasteiger charge is -2.28. The van der Waals surface area contributed by atoms with E-state index in [0.717, 1.165) is 22.4 Å². The lowest BCUT2D eigenvalue weighted by molar-refractivity contribution is -0.116. The maximum atomic E-state index is 12.6. The molecule has 0 saturated heterocycles. The first-order valence-corrected chi connectivity index (χ1v) is 7.88. The summed E-state index contributed by atoms with van der Waals surface area (Å²) in [4.78, 5) is 26.5. The number of hydrogen-bond acceptors (Lipinski definition) is 3. The molecule has 0 bridgehead atoms. The average Bonchev–Trinajstić information content (AvgIpc) is 2.51. The molecule has 0 N–H and O–H groups in total. The third-order valence-electron chi connectivity index (χ3n) is 3.24. The Labute approximate surface area is 137 Å². The van der Waals surface area contributed by atoms with Gasteiger partial charge in [0, 0.05) is 9.92 Å². The van der Waals surface area contributed by atoms with E-state index in [4.69, 9.17) is 11.6 Å². The summed E-state index contributed by atoms with van der Waals surface area (Å²) in [6.07, 6.45) is 2.54. The number of halogens is 1. The van der Waals surface area contributed by atoms with Crippen molar-refractivity contribution in [2.24, 2.45) is 0 Å². The molecule has 0 aliphatic carbocycles. The van der Waals surface area contributed by atoms with Crippen molar-refractivity contribution in [3.63, 3.8) is 0 Å². The van der Waals surface area contributed by atoms with Crippen molar-refractivity contribution >= 4 is 47.3 Å². The first-order valence-electron chi connectivity index (χ1n) is 6.68. The summed E-state index contributed by atoms with van der Waals surface area (Å²) in [5, 5.41) is 0.618.